The van der Waals surface area contributed by atoms with Crippen LogP contribution >= 0.6 is 11.3 Å². The number of carbonyl (C=O) groups is 2. The van der Waals surface area contributed by atoms with Gasteiger partial charge in [0.2, 0.25) is 11.8 Å². The molecule has 3 aromatic rings. The Morgan fingerprint density at radius 1 is 1.23 bits per heavy atom. The van der Waals surface area contributed by atoms with E-state index in [2.05, 4.69) is 28.7 Å². The maximum atomic E-state index is 12.9. The van der Waals surface area contributed by atoms with Crippen LogP contribution in [0.25, 0.3) is 10.4 Å². The molecule has 0 unspecified atom stereocenters. The molecule has 0 saturated carbocycles. The molecule has 4 rings (SSSR count). The molecule has 1 aliphatic rings. The minimum atomic E-state index is -0.733. The average Bonchev–Trinajstić information content (AvgIpc) is 3.44. The molecule has 2 N–H and O–H groups in total. The van der Waals surface area contributed by atoms with Gasteiger partial charge in [0, 0.05) is 42.8 Å². The molecule has 6 nitrogen and oxygen atoms in total. The lowest BCUT2D eigenvalue weighted by molar-refractivity contribution is -0.140. The summed E-state index contributed by atoms with van der Waals surface area (Å²) >= 11 is 1.69. The normalized spacial score (nSPS) is 18.8. The van der Waals surface area contributed by atoms with Crippen molar-refractivity contribution in [2.75, 3.05) is 13.1 Å². The number of aromatic nitrogens is 2. The van der Waals surface area contributed by atoms with Crippen LogP contribution in [0.2, 0.25) is 0 Å². The van der Waals surface area contributed by atoms with Crippen LogP contribution in [0.3, 0.4) is 0 Å². The van der Waals surface area contributed by atoms with Gasteiger partial charge in [-0.2, -0.15) is 5.10 Å². The second kappa shape index (κ2) is 9.06. The number of rotatable bonds is 7. The van der Waals surface area contributed by atoms with Crippen LogP contribution in [-0.4, -0.2) is 39.6 Å². The van der Waals surface area contributed by atoms with E-state index in [1.54, 1.807) is 17.5 Å². The standard InChI is InChI=1S/C24H28N4O2S/c1-18-8-11-26-28(18)13-9-22(29)27-12-4-10-24(17-27,23(25)30)16-19-5-2-6-20(15-19)21-7-3-14-31-21/h2-3,5-8,11,14-15H,4,9-10,12-13,16-17H2,1H3,(H2,25,30)/t24-/m0/s1. The quantitative estimate of drug-likeness (QED) is 0.614. The predicted molar refractivity (Wildman–Crippen MR) is 122 cm³/mol. The van der Waals surface area contributed by atoms with Crippen molar-refractivity contribution in [3.63, 3.8) is 0 Å². The molecule has 7 heteroatoms. The van der Waals surface area contributed by atoms with Crippen molar-refractivity contribution in [1.29, 1.82) is 0 Å². The van der Waals surface area contributed by atoms with Gasteiger partial charge in [-0.25, -0.2) is 0 Å². The Balaban J connectivity index is 1.48. The van der Waals surface area contributed by atoms with E-state index in [0.29, 0.717) is 38.9 Å². The van der Waals surface area contributed by atoms with Crippen LogP contribution in [0.5, 0.6) is 0 Å². The first-order chi connectivity index (χ1) is 15.0. The molecule has 2 aromatic heterocycles. The number of hydrogen-bond acceptors (Lipinski definition) is 4. The van der Waals surface area contributed by atoms with Crippen LogP contribution < -0.4 is 5.73 Å². The summed E-state index contributed by atoms with van der Waals surface area (Å²) in [6, 6.07) is 14.3. The van der Waals surface area contributed by atoms with E-state index in [1.807, 2.05) is 40.8 Å². The number of aryl methyl sites for hydroxylation is 2. The third kappa shape index (κ3) is 4.71. The Kier molecular flexibility index (Phi) is 6.23. The molecule has 0 spiro atoms. The lowest BCUT2D eigenvalue weighted by Crippen LogP contribution is -2.53. The van der Waals surface area contributed by atoms with Crippen LogP contribution in [0, 0.1) is 12.3 Å². The van der Waals surface area contributed by atoms with Gasteiger partial charge < -0.3 is 10.6 Å². The summed E-state index contributed by atoms with van der Waals surface area (Å²) in [5.74, 6) is -0.276. The summed E-state index contributed by atoms with van der Waals surface area (Å²) in [7, 11) is 0. The van der Waals surface area contributed by atoms with Crippen molar-refractivity contribution in [3.8, 4) is 10.4 Å². The zero-order chi connectivity index (χ0) is 21.8. The molecule has 1 aliphatic heterocycles. The summed E-state index contributed by atoms with van der Waals surface area (Å²) in [6.45, 7) is 3.56. The maximum absolute atomic E-state index is 12.9. The Labute approximate surface area is 186 Å². The Hall–Kier alpha value is -2.93. The smallest absolute Gasteiger partial charge is 0.225 e. The molecule has 162 valence electrons. The fourth-order valence-corrected chi connectivity index (χ4v) is 5.16. The number of primary amides is 1. The first-order valence-corrected chi connectivity index (χ1v) is 11.5. The Morgan fingerprint density at radius 2 is 2.10 bits per heavy atom. The fourth-order valence-electron chi connectivity index (χ4n) is 4.44. The SMILES string of the molecule is Cc1ccnn1CCC(=O)N1CCC[C@@](Cc2cccc(-c3cccs3)c2)(C(N)=O)C1. The van der Waals surface area contributed by atoms with Gasteiger partial charge in [-0.3, -0.25) is 14.3 Å². The molecule has 0 bridgehead atoms. The van der Waals surface area contributed by atoms with Gasteiger partial charge in [0.1, 0.15) is 0 Å². The van der Waals surface area contributed by atoms with Crippen molar-refractivity contribution < 1.29 is 9.59 Å². The van der Waals surface area contributed by atoms with Gasteiger partial charge in [-0.05, 0) is 54.8 Å². The zero-order valence-electron chi connectivity index (χ0n) is 17.8. The number of amides is 2. The number of carbonyl (C=O) groups excluding carboxylic acids is 2. The van der Waals surface area contributed by atoms with Gasteiger partial charge >= 0.3 is 0 Å². The van der Waals surface area contributed by atoms with Gasteiger partial charge in [0.15, 0.2) is 0 Å². The number of nitrogens with zero attached hydrogens (tertiary/aromatic N) is 3. The van der Waals surface area contributed by atoms with Crippen molar-refractivity contribution in [1.82, 2.24) is 14.7 Å². The highest BCUT2D eigenvalue weighted by Crippen LogP contribution is 2.35. The van der Waals surface area contributed by atoms with E-state index in [9.17, 15) is 9.59 Å². The van der Waals surface area contributed by atoms with E-state index in [4.69, 9.17) is 5.73 Å². The largest absolute Gasteiger partial charge is 0.369 e. The molecular formula is C24H28N4O2S. The number of benzene rings is 1. The number of hydrogen-bond donors (Lipinski definition) is 1. The topological polar surface area (TPSA) is 81.2 Å². The molecule has 0 aliphatic carbocycles. The average molecular weight is 437 g/mol. The van der Waals surface area contributed by atoms with Crippen molar-refractivity contribution in [3.05, 3.63) is 65.3 Å². The van der Waals surface area contributed by atoms with Crippen molar-refractivity contribution >= 4 is 23.2 Å². The first-order valence-electron chi connectivity index (χ1n) is 10.7. The minimum absolute atomic E-state index is 0.0487. The van der Waals surface area contributed by atoms with Crippen LogP contribution in [0.1, 0.15) is 30.5 Å². The molecule has 2 amide bonds. The van der Waals surface area contributed by atoms with E-state index < -0.39 is 5.41 Å². The summed E-state index contributed by atoms with van der Waals surface area (Å²) in [4.78, 5) is 28.5. The fraction of sp³-hybridized carbons (Fsp3) is 0.375. The molecule has 3 heterocycles. The van der Waals surface area contributed by atoms with Gasteiger partial charge in [-0.15, -0.1) is 11.3 Å². The molecule has 31 heavy (non-hydrogen) atoms. The molecular weight excluding hydrogens is 408 g/mol. The summed E-state index contributed by atoms with van der Waals surface area (Å²) < 4.78 is 1.83. The minimum Gasteiger partial charge on any atom is -0.369 e. The first kappa shape index (κ1) is 21.3. The third-order valence-electron chi connectivity index (χ3n) is 6.19. The Morgan fingerprint density at radius 3 is 2.81 bits per heavy atom. The number of thiophene rings is 1. The number of nitrogens with two attached hydrogens (primary N) is 1. The highest BCUT2D eigenvalue weighted by molar-refractivity contribution is 7.13. The second-order valence-corrected chi connectivity index (χ2v) is 9.31. The van der Waals surface area contributed by atoms with Crippen LogP contribution in [0.4, 0.5) is 0 Å². The van der Waals surface area contributed by atoms with Crippen LogP contribution in [0.15, 0.2) is 54.0 Å². The van der Waals surface area contributed by atoms with Crippen molar-refractivity contribution in [2.45, 2.75) is 39.2 Å². The van der Waals surface area contributed by atoms with Crippen molar-refractivity contribution in [2.24, 2.45) is 11.1 Å². The third-order valence-corrected chi connectivity index (χ3v) is 7.11. The van der Waals surface area contributed by atoms with Crippen LogP contribution in [-0.2, 0) is 22.6 Å². The molecule has 1 atom stereocenters. The van der Waals surface area contributed by atoms with E-state index >= 15 is 0 Å². The highest BCUT2D eigenvalue weighted by Gasteiger charge is 2.42. The van der Waals surface area contributed by atoms with Gasteiger partial charge in [-0.1, -0.05) is 30.3 Å². The van der Waals surface area contributed by atoms with E-state index in [1.165, 1.54) is 4.88 Å². The number of piperidine rings is 1. The lowest BCUT2D eigenvalue weighted by Gasteiger charge is -2.41. The van der Waals surface area contributed by atoms with E-state index in [-0.39, 0.29) is 11.8 Å². The molecule has 1 fully saturated rings. The second-order valence-electron chi connectivity index (χ2n) is 8.36. The summed E-state index contributed by atoms with van der Waals surface area (Å²) in [5, 5.41) is 6.31. The highest BCUT2D eigenvalue weighted by atomic mass is 32.1. The summed E-state index contributed by atoms with van der Waals surface area (Å²) in [5.41, 5.74) is 8.44. The molecule has 1 aromatic carbocycles. The predicted octanol–water partition coefficient (Wildman–Crippen LogP) is 3.65. The van der Waals surface area contributed by atoms with Gasteiger partial charge in [0.05, 0.1) is 5.41 Å². The van der Waals surface area contributed by atoms with E-state index in [0.717, 1.165) is 23.2 Å². The van der Waals surface area contributed by atoms with Gasteiger partial charge in [0.25, 0.3) is 0 Å². The number of likely N-dealkylation sites (tertiary alicyclic amines) is 1. The molecule has 0 radical (unpaired) electrons. The maximum Gasteiger partial charge on any atom is 0.225 e. The molecule has 1 saturated heterocycles. The summed E-state index contributed by atoms with van der Waals surface area (Å²) in [6.07, 6.45) is 4.13. The Bertz CT molecular complexity index is 1060. The monoisotopic (exact) mass is 436 g/mol. The zero-order valence-corrected chi connectivity index (χ0v) is 18.6. The lowest BCUT2D eigenvalue weighted by atomic mass is 9.74.